The smallest absolute Gasteiger partial charge is 0.433 e. The molecule has 0 radical (unpaired) electrons. The van der Waals surface area contributed by atoms with Crippen LogP contribution in [0.4, 0.5) is 18.0 Å². The quantitative estimate of drug-likeness (QED) is 0.649. The van der Waals surface area contributed by atoms with E-state index in [-0.39, 0.29) is 11.5 Å². The highest BCUT2D eigenvalue weighted by Gasteiger charge is 2.32. The Kier molecular flexibility index (Phi) is 4.12. The molecule has 1 rings (SSSR count). The molecule has 0 saturated carbocycles. The summed E-state index contributed by atoms with van der Waals surface area (Å²) in [6.07, 6.45) is -4.96. The minimum atomic E-state index is -4.51. The van der Waals surface area contributed by atoms with Crippen molar-refractivity contribution in [1.29, 1.82) is 0 Å². The normalized spacial score (nSPS) is 13.2. The second-order valence-corrected chi connectivity index (χ2v) is 3.73. The first-order valence-electron chi connectivity index (χ1n) is 4.95. The summed E-state index contributed by atoms with van der Waals surface area (Å²) in [5, 5.41) is 17.7. The number of hydrogen-bond donors (Lipinski definition) is 2. The molecule has 18 heavy (non-hydrogen) atoms. The molecule has 2 N–H and O–H groups in total. The van der Waals surface area contributed by atoms with Gasteiger partial charge in [0, 0.05) is 6.20 Å². The third-order valence-electron chi connectivity index (χ3n) is 2.26. The van der Waals surface area contributed by atoms with E-state index >= 15 is 0 Å². The number of rotatable bonds is 3. The molecule has 0 aliphatic heterocycles. The van der Waals surface area contributed by atoms with Crippen LogP contribution in [-0.4, -0.2) is 32.5 Å². The molecule has 0 bridgehead atoms. The van der Waals surface area contributed by atoms with Gasteiger partial charge in [-0.1, -0.05) is 6.07 Å². The maximum absolute atomic E-state index is 12.2. The summed E-state index contributed by atoms with van der Waals surface area (Å²) in [6.45, 7) is 1.42. The Morgan fingerprint density at radius 2 is 2.11 bits per heavy atom. The first-order chi connectivity index (χ1) is 8.21. The average molecular weight is 264 g/mol. The van der Waals surface area contributed by atoms with Crippen LogP contribution in [0.25, 0.3) is 0 Å². The lowest BCUT2D eigenvalue weighted by Crippen LogP contribution is -2.35. The van der Waals surface area contributed by atoms with Crippen LogP contribution in [0.2, 0.25) is 0 Å². The molecule has 8 heteroatoms. The molecule has 0 saturated heterocycles. The van der Waals surface area contributed by atoms with Crippen LogP contribution in [0.1, 0.15) is 18.2 Å². The zero-order valence-corrected chi connectivity index (χ0v) is 9.35. The minimum absolute atomic E-state index is 0.0634. The van der Waals surface area contributed by atoms with E-state index in [1.54, 1.807) is 0 Å². The number of carbonyl (C=O) groups is 1. The van der Waals surface area contributed by atoms with Crippen molar-refractivity contribution in [2.75, 3.05) is 0 Å². The molecular weight excluding hydrogens is 253 g/mol. The van der Waals surface area contributed by atoms with Crippen LogP contribution in [0.3, 0.4) is 0 Å². The number of halogens is 3. The number of hydroxylamine groups is 2. The van der Waals surface area contributed by atoms with Crippen LogP contribution in [0, 0.1) is 0 Å². The lowest BCUT2D eigenvalue weighted by Gasteiger charge is -2.19. The molecule has 0 aliphatic rings. The van der Waals surface area contributed by atoms with Crippen molar-refractivity contribution in [3.05, 3.63) is 29.6 Å². The van der Waals surface area contributed by atoms with Crippen LogP contribution in [0.5, 0.6) is 0 Å². The van der Waals surface area contributed by atoms with E-state index in [0.29, 0.717) is 5.56 Å². The van der Waals surface area contributed by atoms with Gasteiger partial charge in [-0.05, 0) is 25.0 Å². The van der Waals surface area contributed by atoms with E-state index in [9.17, 15) is 18.0 Å². The molecule has 100 valence electrons. The van der Waals surface area contributed by atoms with Gasteiger partial charge >= 0.3 is 12.3 Å². The number of nitrogens with zero attached hydrogens (tertiary/aromatic N) is 2. The number of alkyl halides is 3. The highest BCUT2D eigenvalue weighted by Crippen LogP contribution is 2.27. The van der Waals surface area contributed by atoms with Gasteiger partial charge in [0.15, 0.2) is 0 Å². The van der Waals surface area contributed by atoms with E-state index < -0.39 is 24.0 Å². The minimum Gasteiger partial charge on any atom is -0.463 e. The van der Waals surface area contributed by atoms with Gasteiger partial charge in [-0.2, -0.15) is 18.2 Å². The molecule has 1 atom stereocenters. The van der Waals surface area contributed by atoms with E-state index in [0.717, 1.165) is 12.3 Å². The highest BCUT2D eigenvalue weighted by atomic mass is 19.4. The first kappa shape index (κ1) is 14.2. The molecule has 1 unspecified atom stereocenters. The van der Waals surface area contributed by atoms with Gasteiger partial charge in [-0.15, -0.1) is 0 Å². The van der Waals surface area contributed by atoms with Crippen LogP contribution >= 0.6 is 0 Å². The number of amides is 1. The third-order valence-corrected chi connectivity index (χ3v) is 2.26. The maximum atomic E-state index is 12.2. The molecular formula is C10H11F3N2O3. The highest BCUT2D eigenvalue weighted by molar-refractivity contribution is 5.63. The fourth-order valence-electron chi connectivity index (χ4n) is 1.33. The van der Waals surface area contributed by atoms with E-state index in [1.807, 2.05) is 0 Å². The van der Waals surface area contributed by atoms with Crippen LogP contribution < -0.4 is 0 Å². The molecule has 0 aliphatic carbocycles. The summed E-state index contributed by atoms with van der Waals surface area (Å²) in [5.41, 5.74) is -0.617. The Labute approximate surface area is 100 Å². The summed E-state index contributed by atoms with van der Waals surface area (Å²) in [4.78, 5) is 13.7. The molecule has 0 spiro atoms. The summed E-state index contributed by atoms with van der Waals surface area (Å²) in [5.74, 6) is 0. The zero-order chi connectivity index (χ0) is 13.9. The maximum Gasteiger partial charge on any atom is 0.433 e. The van der Waals surface area contributed by atoms with Gasteiger partial charge in [0.05, 0.1) is 6.04 Å². The Morgan fingerprint density at radius 1 is 1.50 bits per heavy atom. The number of hydrogen-bond acceptors (Lipinski definition) is 3. The van der Waals surface area contributed by atoms with Crippen molar-refractivity contribution in [1.82, 2.24) is 10.0 Å². The van der Waals surface area contributed by atoms with E-state index in [4.69, 9.17) is 10.3 Å². The van der Waals surface area contributed by atoms with Crippen LogP contribution in [0.15, 0.2) is 18.3 Å². The van der Waals surface area contributed by atoms with Gasteiger partial charge < -0.3 is 5.11 Å². The number of carboxylic acid groups (broad SMARTS) is 1. The summed E-state index contributed by atoms with van der Waals surface area (Å²) >= 11 is 0. The van der Waals surface area contributed by atoms with Crippen molar-refractivity contribution in [2.24, 2.45) is 0 Å². The van der Waals surface area contributed by atoms with Crippen molar-refractivity contribution in [3.8, 4) is 0 Å². The standard InChI is InChI=1S/C10H11F3N2O3/c1-6(15(18)9(16)17)4-7-2-3-8(14-5-7)10(11,12)13/h2-3,5-6,18H,4H2,1H3,(H,16,17). The molecule has 0 aromatic carbocycles. The summed E-state index contributed by atoms with van der Waals surface area (Å²) in [6, 6.07) is 1.23. The Balaban J connectivity index is 2.73. The van der Waals surface area contributed by atoms with Gasteiger partial charge in [0.1, 0.15) is 5.69 Å². The van der Waals surface area contributed by atoms with Gasteiger partial charge in [0.25, 0.3) is 0 Å². The molecule has 1 aromatic rings. The monoisotopic (exact) mass is 264 g/mol. The number of aromatic nitrogens is 1. The molecule has 1 heterocycles. The summed E-state index contributed by atoms with van der Waals surface area (Å²) < 4.78 is 36.7. The molecule has 1 aromatic heterocycles. The lowest BCUT2D eigenvalue weighted by atomic mass is 10.1. The SMILES string of the molecule is CC(Cc1ccc(C(F)(F)F)nc1)N(O)C(=O)O. The van der Waals surface area contributed by atoms with Gasteiger partial charge in [0.2, 0.25) is 0 Å². The molecule has 1 amide bonds. The first-order valence-corrected chi connectivity index (χ1v) is 4.95. The van der Waals surface area contributed by atoms with Gasteiger partial charge in [-0.25, -0.2) is 4.79 Å². The third kappa shape index (κ3) is 3.59. The van der Waals surface area contributed by atoms with Crippen molar-refractivity contribution >= 4 is 6.09 Å². The van der Waals surface area contributed by atoms with Crippen molar-refractivity contribution in [2.45, 2.75) is 25.6 Å². The zero-order valence-electron chi connectivity index (χ0n) is 9.35. The van der Waals surface area contributed by atoms with E-state index in [2.05, 4.69) is 4.98 Å². The van der Waals surface area contributed by atoms with Crippen molar-refractivity contribution < 1.29 is 28.3 Å². The fourth-order valence-corrected chi connectivity index (χ4v) is 1.33. The van der Waals surface area contributed by atoms with Crippen LogP contribution in [-0.2, 0) is 12.6 Å². The fraction of sp³-hybridized carbons (Fsp3) is 0.400. The Morgan fingerprint density at radius 3 is 2.50 bits per heavy atom. The second-order valence-electron chi connectivity index (χ2n) is 3.73. The lowest BCUT2D eigenvalue weighted by molar-refractivity contribution is -0.141. The second kappa shape index (κ2) is 5.21. The largest absolute Gasteiger partial charge is 0.463 e. The molecule has 0 fully saturated rings. The van der Waals surface area contributed by atoms with Gasteiger partial charge in [-0.3, -0.25) is 10.2 Å². The summed E-state index contributed by atoms with van der Waals surface area (Å²) in [7, 11) is 0. The average Bonchev–Trinajstić information content (AvgIpc) is 2.27. The predicted molar refractivity (Wildman–Crippen MR) is 54.1 cm³/mol. The van der Waals surface area contributed by atoms with E-state index in [1.165, 1.54) is 13.0 Å². The number of pyridine rings is 1. The topological polar surface area (TPSA) is 73.7 Å². The Hall–Kier alpha value is -1.83. The van der Waals surface area contributed by atoms with Crippen molar-refractivity contribution in [3.63, 3.8) is 0 Å². The predicted octanol–water partition coefficient (Wildman–Crippen LogP) is 2.40. The molecule has 5 nitrogen and oxygen atoms in total. The Bertz CT molecular complexity index is 419.